The molecule has 2 aromatic carbocycles. The molecule has 21 heavy (non-hydrogen) atoms. The molecule has 108 valence electrons. The second-order valence-corrected chi connectivity index (χ2v) is 4.87. The molecule has 1 N–H and O–H groups in total. The van der Waals surface area contributed by atoms with Gasteiger partial charge in [0, 0.05) is 6.07 Å². The number of anilines is 1. The number of halogens is 3. The molecule has 0 aliphatic rings. The highest BCUT2D eigenvalue weighted by atomic mass is 79.9. The molecule has 5 nitrogen and oxygen atoms in total. The monoisotopic (exact) mass is 356 g/mol. The molecule has 1 amide bonds. The highest BCUT2D eigenvalue weighted by Gasteiger charge is 2.16. The molecule has 8 heteroatoms. The van der Waals surface area contributed by atoms with E-state index in [1.54, 1.807) is 0 Å². The zero-order valence-electron chi connectivity index (χ0n) is 10.3. The number of nitrogens with zero attached hydrogens (tertiary/aromatic N) is 1. The summed E-state index contributed by atoms with van der Waals surface area (Å²) in [6.07, 6.45) is 0. The lowest BCUT2D eigenvalue weighted by Crippen LogP contribution is -2.14. The number of hydrogen-bond acceptors (Lipinski definition) is 3. The summed E-state index contributed by atoms with van der Waals surface area (Å²) in [4.78, 5) is 21.7. The first-order chi connectivity index (χ1) is 9.88. The number of hydrogen-bond donors (Lipinski definition) is 1. The van der Waals surface area contributed by atoms with E-state index in [-0.39, 0.29) is 15.7 Å². The number of nitrogens with one attached hydrogen (secondary N) is 1. The van der Waals surface area contributed by atoms with Gasteiger partial charge in [0.2, 0.25) is 0 Å². The van der Waals surface area contributed by atoms with Crippen LogP contribution < -0.4 is 5.32 Å². The maximum Gasteiger partial charge on any atom is 0.274 e. The molecule has 2 aromatic rings. The minimum absolute atomic E-state index is 0.0976. The Labute approximate surface area is 125 Å². The molecule has 0 saturated heterocycles. The van der Waals surface area contributed by atoms with E-state index in [0.717, 1.165) is 18.2 Å². The van der Waals surface area contributed by atoms with Crippen LogP contribution in [0.5, 0.6) is 0 Å². The van der Waals surface area contributed by atoms with Gasteiger partial charge in [-0.1, -0.05) is 6.07 Å². The Hall–Kier alpha value is -2.35. The van der Waals surface area contributed by atoms with Crippen LogP contribution in [0.25, 0.3) is 0 Å². The van der Waals surface area contributed by atoms with Gasteiger partial charge >= 0.3 is 0 Å². The number of carbonyl (C=O) groups excluding carboxylic acids is 1. The Morgan fingerprint density at radius 1 is 1.24 bits per heavy atom. The summed E-state index contributed by atoms with van der Waals surface area (Å²) in [6, 6.07) is 6.71. The zero-order chi connectivity index (χ0) is 15.6. The van der Waals surface area contributed by atoms with Crippen molar-refractivity contribution in [3.05, 3.63) is 68.2 Å². The molecule has 0 spiro atoms. The van der Waals surface area contributed by atoms with Crippen molar-refractivity contribution in [3.63, 3.8) is 0 Å². The van der Waals surface area contributed by atoms with Crippen molar-refractivity contribution in [1.29, 1.82) is 0 Å². The summed E-state index contributed by atoms with van der Waals surface area (Å²) in [5, 5.41) is 12.8. The average molecular weight is 357 g/mol. The van der Waals surface area contributed by atoms with Gasteiger partial charge in [-0.3, -0.25) is 14.9 Å². The molecule has 0 fully saturated rings. The smallest absolute Gasteiger partial charge is 0.274 e. The van der Waals surface area contributed by atoms with Crippen LogP contribution in [0, 0.1) is 21.7 Å². The lowest BCUT2D eigenvalue weighted by atomic mass is 10.2. The molecule has 0 heterocycles. The Bertz CT molecular complexity index is 737. The summed E-state index contributed by atoms with van der Waals surface area (Å²) < 4.78 is 27.1. The molecule has 2 rings (SSSR count). The summed E-state index contributed by atoms with van der Waals surface area (Å²) in [5.74, 6) is -2.50. The summed E-state index contributed by atoms with van der Waals surface area (Å²) in [7, 11) is 0. The van der Waals surface area contributed by atoms with Crippen molar-refractivity contribution < 1.29 is 18.5 Å². The van der Waals surface area contributed by atoms with E-state index < -0.39 is 28.2 Å². The van der Waals surface area contributed by atoms with Crippen molar-refractivity contribution in [2.24, 2.45) is 0 Å². The van der Waals surface area contributed by atoms with Gasteiger partial charge in [-0.25, -0.2) is 8.78 Å². The second kappa shape index (κ2) is 5.96. The molecule has 0 saturated carbocycles. The van der Waals surface area contributed by atoms with Gasteiger partial charge in [0.1, 0.15) is 11.6 Å². The molecule has 0 atom stereocenters. The Kier molecular flexibility index (Phi) is 4.27. The first-order valence-electron chi connectivity index (χ1n) is 5.59. The number of non-ortho nitro benzene ring substituents is 1. The highest BCUT2D eigenvalue weighted by molar-refractivity contribution is 9.10. The Balaban J connectivity index is 2.31. The van der Waals surface area contributed by atoms with E-state index in [4.69, 9.17) is 0 Å². The van der Waals surface area contributed by atoms with Crippen molar-refractivity contribution >= 4 is 33.2 Å². The van der Waals surface area contributed by atoms with Crippen LogP contribution in [0.4, 0.5) is 20.2 Å². The van der Waals surface area contributed by atoms with Gasteiger partial charge in [0.15, 0.2) is 0 Å². The standard InChI is InChI=1S/C13H7BrF2N2O3/c14-11-3-1-2-10(12(11)16)13(19)17-8-4-7(15)5-9(6-8)18(20)21/h1-6H,(H,17,19). The quantitative estimate of drug-likeness (QED) is 0.669. The van der Waals surface area contributed by atoms with Crippen LogP contribution in [0.2, 0.25) is 0 Å². The zero-order valence-corrected chi connectivity index (χ0v) is 11.9. The highest BCUT2D eigenvalue weighted by Crippen LogP contribution is 2.22. The van der Waals surface area contributed by atoms with Crippen LogP contribution in [0.3, 0.4) is 0 Å². The van der Waals surface area contributed by atoms with Crippen molar-refractivity contribution in [2.75, 3.05) is 5.32 Å². The predicted molar refractivity (Wildman–Crippen MR) is 75.1 cm³/mol. The van der Waals surface area contributed by atoms with E-state index in [9.17, 15) is 23.7 Å². The van der Waals surface area contributed by atoms with Crippen molar-refractivity contribution in [3.8, 4) is 0 Å². The minimum atomic E-state index is -0.880. The normalized spacial score (nSPS) is 10.2. The molecule has 0 aliphatic heterocycles. The second-order valence-electron chi connectivity index (χ2n) is 4.01. The average Bonchev–Trinajstić information content (AvgIpc) is 2.41. The Morgan fingerprint density at radius 3 is 2.62 bits per heavy atom. The molecular formula is C13H7BrF2N2O3. The maximum atomic E-state index is 13.8. The van der Waals surface area contributed by atoms with E-state index in [1.807, 2.05) is 0 Å². The fourth-order valence-electron chi connectivity index (χ4n) is 1.63. The van der Waals surface area contributed by atoms with Gasteiger partial charge in [-0.15, -0.1) is 0 Å². The largest absolute Gasteiger partial charge is 0.322 e. The maximum absolute atomic E-state index is 13.8. The van der Waals surface area contributed by atoms with E-state index in [1.165, 1.54) is 18.2 Å². The van der Waals surface area contributed by atoms with Gasteiger partial charge < -0.3 is 5.32 Å². The van der Waals surface area contributed by atoms with Crippen LogP contribution in [0.1, 0.15) is 10.4 Å². The lowest BCUT2D eigenvalue weighted by molar-refractivity contribution is -0.385. The SMILES string of the molecule is O=C(Nc1cc(F)cc([N+](=O)[O-])c1)c1cccc(Br)c1F. The third-order valence-corrected chi connectivity index (χ3v) is 3.16. The molecule has 0 aliphatic carbocycles. The van der Waals surface area contributed by atoms with E-state index >= 15 is 0 Å². The minimum Gasteiger partial charge on any atom is -0.322 e. The molecular weight excluding hydrogens is 350 g/mol. The van der Waals surface area contributed by atoms with Crippen LogP contribution in [0.15, 0.2) is 40.9 Å². The van der Waals surface area contributed by atoms with Crippen LogP contribution in [-0.4, -0.2) is 10.8 Å². The van der Waals surface area contributed by atoms with Gasteiger partial charge in [-0.2, -0.15) is 0 Å². The third-order valence-electron chi connectivity index (χ3n) is 2.55. The fourth-order valence-corrected chi connectivity index (χ4v) is 2.00. The summed E-state index contributed by atoms with van der Waals surface area (Å²) in [6.45, 7) is 0. The predicted octanol–water partition coefficient (Wildman–Crippen LogP) is 3.89. The fraction of sp³-hybridized carbons (Fsp3) is 0. The first-order valence-corrected chi connectivity index (χ1v) is 6.38. The number of nitro benzene ring substituents is 1. The van der Waals surface area contributed by atoms with Crippen molar-refractivity contribution in [1.82, 2.24) is 0 Å². The number of amides is 1. The lowest BCUT2D eigenvalue weighted by Gasteiger charge is -2.07. The first kappa shape index (κ1) is 15.0. The molecule has 0 radical (unpaired) electrons. The molecule has 0 bridgehead atoms. The molecule has 0 aromatic heterocycles. The number of benzene rings is 2. The number of nitro groups is 1. The van der Waals surface area contributed by atoms with Gasteiger partial charge in [0.25, 0.3) is 11.6 Å². The van der Waals surface area contributed by atoms with E-state index in [2.05, 4.69) is 21.2 Å². The molecule has 0 unspecified atom stereocenters. The Morgan fingerprint density at radius 2 is 1.95 bits per heavy atom. The van der Waals surface area contributed by atoms with Gasteiger partial charge in [0.05, 0.1) is 26.7 Å². The summed E-state index contributed by atoms with van der Waals surface area (Å²) in [5.41, 5.74) is -0.914. The van der Waals surface area contributed by atoms with Gasteiger partial charge in [-0.05, 0) is 34.1 Å². The third kappa shape index (κ3) is 3.40. The van der Waals surface area contributed by atoms with Crippen LogP contribution >= 0.6 is 15.9 Å². The summed E-state index contributed by atoms with van der Waals surface area (Å²) >= 11 is 2.94. The van der Waals surface area contributed by atoms with Crippen molar-refractivity contribution in [2.45, 2.75) is 0 Å². The number of rotatable bonds is 3. The van der Waals surface area contributed by atoms with Crippen LogP contribution in [-0.2, 0) is 0 Å². The topological polar surface area (TPSA) is 72.2 Å². The number of carbonyl (C=O) groups is 1. The van der Waals surface area contributed by atoms with E-state index in [0.29, 0.717) is 0 Å².